The Kier molecular flexibility index (Phi) is 9.53. The maximum Gasteiger partial charge on any atom is 0.191 e. The first kappa shape index (κ1) is 21.1. The van der Waals surface area contributed by atoms with Crippen LogP contribution >= 0.6 is 24.0 Å². The molecule has 0 aliphatic carbocycles. The molecule has 1 fully saturated rings. The highest BCUT2D eigenvalue weighted by Gasteiger charge is 2.28. The van der Waals surface area contributed by atoms with E-state index in [1.807, 2.05) is 24.4 Å². The van der Waals surface area contributed by atoms with Gasteiger partial charge < -0.3 is 15.4 Å². The van der Waals surface area contributed by atoms with Crippen LogP contribution in [0.2, 0.25) is 0 Å². The van der Waals surface area contributed by atoms with Gasteiger partial charge in [0.15, 0.2) is 5.96 Å². The maximum absolute atomic E-state index is 5.43. The Hall–Kier alpha value is -0.930. The molecule has 1 aromatic rings. The van der Waals surface area contributed by atoms with E-state index in [1.54, 1.807) is 7.05 Å². The Morgan fingerprint density at radius 2 is 2.04 bits per heavy atom. The van der Waals surface area contributed by atoms with Crippen molar-refractivity contribution in [3.63, 3.8) is 0 Å². The first-order valence-corrected chi connectivity index (χ1v) is 8.29. The van der Waals surface area contributed by atoms with E-state index in [4.69, 9.17) is 4.74 Å². The van der Waals surface area contributed by atoms with Crippen molar-refractivity contribution in [2.45, 2.75) is 25.8 Å². The van der Waals surface area contributed by atoms with Crippen molar-refractivity contribution in [2.24, 2.45) is 4.99 Å². The number of pyridine rings is 1. The van der Waals surface area contributed by atoms with Crippen LogP contribution in [-0.4, -0.2) is 67.8 Å². The van der Waals surface area contributed by atoms with E-state index in [0.29, 0.717) is 0 Å². The number of rotatable bonds is 6. The van der Waals surface area contributed by atoms with E-state index in [0.717, 1.165) is 57.5 Å². The third-order valence-corrected chi connectivity index (χ3v) is 4.18. The first-order valence-electron chi connectivity index (χ1n) is 8.29. The first-order chi connectivity index (χ1) is 11.1. The van der Waals surface area contributed by atoms with Crippen molar-refractivity contribution in [2.75, 3.05) is 46.4 Å². The summed E-state index contributed by atoms with van der Waals surface area (Å²) >= 11 is 0. The molecule has 0 amide bonds. The molecule has 1 aliphatic rings. The lowest BCUT2D eigenvalue weighted by Gasteiger charge is -2.41. The molecule has 0 bridgehead atoms. The predicted octanol–water partition coefficient (Wildman–Crippen LogP) is 1.52. The summed E-state index contributed by atoms with van der Waals surface area (Å²) in [5.41, 5.74) is 1.16. The van der Waals surface area contributed by atoms with Crippen molar-refractivity contribution in [3.05, 3.63) is 30.1 Å². The lowest BCUT2D eigenvalue weighted by atomic mass is 10.0. The highest BCUT2D eigenvalue weighted by Crippen LogP contribution is 2.14. The number of hydrogen-bond donors (Lipinski definition) is 2. The van der Waals surface area contributed by atoms with E-state index in [1.165, 1.54) is 0 Å². The van der Waals surface area contributed by atoms with Gasteiger partial charge in [-0.1, -0.05) is 6.07 Å². The molecule has 24 heavy (non-hydrogen) atoms. The molecule has 0 atom stereocenters. The zero-order chi connectivity index (χ0) is 16.5. The van der Waals surface area contributed by atoms with E-state index in [2.05, 4.69) is 39.4 Å². The van der Waals surface area contributed by atoms with Crippen LogP contribution in [0.3, 0.4) is 0 Å². The number of morpholine rings is 1. The summed E-state index contributed by atoms with van der Waals surface area (Å²) in [5, 5.41) is 6.78. The number of guanidine groups is 1. The molecule has 7 heteroatoms. The molecule has 1 saturated heterocycles. The zero-order valence-corrected chi connectivity index (χ0v) is 17.2. The molecule has 0 unspecified atom stereocenters. The summed E-state index contributed by atoms with van der Waals surface area (Å²) < 4.78 is 5.43. The molecular formula is C17H30IN5O. The Balaban J connectivity index is 0.00000288. The maximum atomic E-state index is 5.43. The summed E-state index contributed by atoms with van der Waals surface area (Å²) in [5.74, 6) is 0.835. The summed E-state index contributed by atoms with van der Waals surface area (Å²) in [6, 6.07) is 5.99. The molecule has 2 heterocycles. The molecule has 2 N–H and O–H groups in total. The quantitative estimate of drug-likeness (QED) is 0.394. The predicted molar refractivity (Wildman–Crippen MR) is 109 cm³/mol. The van der Waals surface area contributed by atoms with Gasteiger partial charge in [-0.15, -0.1) is 24.0 Å². The summed E-state index contributed by atoms with van der Waals surface area (Å²) in [4.78, 5) is 11.1. The van der Waals surface area contributed by atoms with Crippen LogP contribution in [0.5, 0.6) is 0 Å². The third kappa shape index (κ3) is 6.90. The average molecular weight is 447 g/mol. The molecule has 2 rings (SSSR count). The fourth-order valence-electron chi connectivity index (χ4n) is 2.66. The zero-order valence-electron chi connectivity index (χ0n) is 14.9. The van der Waals surface area contributed by atoms with Gasteiger partial charge in [-0.3, -0.25) is 14.9 Å². The standard InChI is InChI=1S/C17H29N5O.HI/c1-17(2,22-10-12-23-13-11-22)14-21-16(18-3)20-9-7-15-6-4-5-8-19-15;/h4-6,8H,7,9-14H2,1-3H3,(H2,18,20,21);1H. The summed E-state index contributed by atoms with van der Waals surface area (Å²) in [6.45, 7) is 9.78. The minimum Gasteiger partial charge on any atom is -0.379 e. The number of aliphatic imine (C=N–C) groups is 1. The minimum absolute atomic E-state index is 0. The van der Waals surface area contributed by atoms with E-state index in [9.17, 15) is 0 Å². The highest BCUT2D eigenvalue weighted by molar-refractivity contribution is 14.0. The van der Waals surface area contributed by atoms with Crippen molar-refractivity contribution in [1.82, 2.24) is 20.5 Å². The van der Waals surface area contributed by atoms with Crippen molar-refractivity contribution >= 4 is 29.9 Å². The molecule has 1 aromatic heterocycles. The van der Waals surface area contributed by atoms with Gasteiger partial charge >= 0.3 is 0 Å². The normalized spacial score (nSPS) is 16.4. The molecule has 0 spiro atoms. The lowest BCUT2D eigenvalue weighted by molar-refractivity contribution is -0.00833. The van der Waals surface area contributed by atoms with Crippen molar-refractivity contribution in [1.29, 1.82) is 0 Å². The highest BCUT2D eigenvalue weighted by atomic mass is 127. The SMILES string of the molecule is CN=C(NCCc1ccccn1)NCC(C)(C)N1CCOCC1.I. The molecule has 0 saturated carbocycles. The lowest BCUT2D eigenvalue weighted by Crippen LogP contribution is -2.56. The van der Waals surface area contributed by atoms with Crippen LogP contribution in [0.4, 0.5) is 0 Å². The molecule has 6 nitrogen and oxygen atoms in total. The van der Waals surface area contributed by atoms with Crippen LogP contribution in [0.25, 0.3) is 0 Å². The summed E-state index contributed by atoms with van der Waals surface area (Å²) in [7, 11) is 1.80. The van der Waals surface area contributed by atoms with Crippen LogP contribution in [0, 0.1) is 0 Å². The smallest absolute Gasteiger partial charge is 0.191 e. The molecular weight excluding hydrogens is 417 g/mol. The van der Waals surface area contributed by atoms with E-state index >= 15 is 0 Å². The Morgan fingerprint density at radius 1 is 1.29 bits per heavy atom. The molecule has 1 aliphatic heterocycles. The van der Waals surface area contributed by atoms with Gasteiger partial charge in [-0.2, -0.15) is 0 Å². The fourth-order valence-corrected chi connectivity index (χ4v) is 2.66. The van der Waals surface area contributed by atoms with Crippen molar-refractivity contribution in [3.8, 4) is 0 Å². The average Bonchev–Trinajstić information content (AvgIpc) is 2.59. The van der Waals surface area contributed by atoms with Gasteiger partial charge in [-0.25, -0.2) is 0 Å². The van der Waals surface area contributed by atoms with Gasteiger partial charge in [0.25, 0.3) is 0 Å². The van der Waals surface area contributed by atoms with Crippen LogP contribution in [0.15, 0.2) is 29.4 Å². The number of hydrogen-bond acceptors (Lipinski definition) is 4. The minimum atomic E-state index is 0. The largest absolute Gasteiger partial charge is 0.379 e. The number of aromatic nitrogens is 1. The topological polar surface area (TPSA) is 61.8 Å². The van der Waals surface area contributed by atoms with Gasteiger partial charge in [0.2, 0.25) is 0 Å². The number of nitrogens with one attached hydrogen (secondary N) is 2. The van der Waals surface area contributed by atoms with E-state index in [-0.39, 0.29) is 29.5 Å². The number of ether oxygens (including phenoxy) is 1. The molecule has 0 radical (unpaired) electrons. The second kappa shape index (κ2) is 10.8. The Morgan fingerprint density at radius 3 is 2.67 bits per heavy atom. The van der Waals surface area contributed by atoms with E-state index < -0.39 is 0 Å². The van der Waals surface area contributed by atoms with Crippen molar-refractivity contribution < 1.29 is 4.74 Å². The van der Waals surface area contributed by atoms with Crippen LogP contribution < -0.4 is 10.6 Å². The van der Waals surface area contributed by atoms with Gasteiger partial charge in [-0.05, 0) is 26.0 Å². The molecule has 136 valence electrons. The second-order valence-corrected chi connectivity index (χ2v) is 6.34. The van der Waals surface area contributed by atoms with Crippen LogP contribution in [0.1, 0.15) is 19.5 Å². The summed E-state index contributed by atoms with van der Waals surface area (Å²) in [6.07, 6.45) is 2.71. The fraction of sp³-hybridized carbons (Fsp3) is 0.647. The molecule has 0 aromatic carbocycles. The van der Waals surface area contributed by atoms with Gasteiger partial charge in [0.1, 0.15) is 0 Å². The number of halogens is 1. The third-order valence-electron chi connectivity index (χ3n) is 4.18. The van der Waals surface area contributed by atoms with Crippen LogP contribution in [-0.2, 0) is 11.2 Å². The Bertz CT molecular complexity index is 489. The van der Waals surface area contributed by atoms with Gasteiger partial charge in [0, 0.05) is 57.1 Å². The monoisotopic (exact) mass is 447 g/mol. The Labute approximate surface area is 162 Å². The second-order valence-electron chi connectivity index (χ2n) is 6.34. The van der Waals surface area contributed by atoms with Gasteiger partial charge in [0.05, 0.1) is 13.2 Å². The number of nitrogens with zero attached hydrogens (tertiary/aromatic N) is 3.